The summed E-state index contributed by atoms with van der Waals surface area (Å²) < 4.78 is 7.94. The Morgan fingerprint density at radius 1 is 1.33 bits per heavy atom. The van der Waals surface area contributed by atoms with Gasteiger partial charge < -0.3 is 9.30 Å². The molecule has 0 N–H and O–H groups in total. The summed E-state index contributed by atoms with van der Waals surface area (Å²) in [6.45, 7) is 7.71. The molecule has 0 unspecified atom stereocenters. The molecule has 2 heteroatoms. The van der Waals surface area contributed by atoms with Crippen molar-refractivity contribution in [3.8, 4) is 5.75 Å². The molecule has 0 aliphatic carbocycles. The smallest absolute Gasteiger partial charge is 0.120 e. The molecular formula is C16H21NO. The van der Waals surface area contributed by atoms with Crippen molar-refractivity contribution in [3.05, 3.63) is 43.1 Å². The van der Waals surface area contributed by atoms with E-state index in [0.717, 1.165) is 38.2 Å². The van der Waals surface area contributed by atoms with E-state index in [4.69, 9.17) is 4.74 Å². The van der Waals surface area contributed by atoms with Crippen molar-refractivity contribution in [2.75, 3.05) is 6.61 Å². The van der Waals surface area contributed by atoms with Gasteiger partial charge in [-0.25, -0.2) is 0 Å². The molecule has 96 valence electrons. The number of unbranched alkanes of at least 4 members (excludes halogenated alkanes) is 1. The summed E-state index contributed by atoms with van der Waals surface area (Å²) in [6, 6.07) is 8.48. The minimum absolute atomic E-state index is 0.783. The first-order valence-corrected chi connectivity index (χ1v) is 6.67. The van der Waals surface area contributed by atoms with Gasteiger partial charge in [-0.3, -0.25) is 0 Å². The topological polar surface area (TPSA) is 14.2 Å². The molecule has 2 aromatic rings. The summed E-state index contributed by atoms with van der Waals surface area (Å²) in [6.07, 6.45) is 7.37. The Morgan fingerprint density at radius 2 is 2.22 bits per heavy atom. The Hall–Kier alpha value is -1.70. The van der Waals surface area contributed by atoms with Crippen molar-refractivity contribution in [1.29, 1.82) is 0 Å². The molecule has 0 saturated carbocycles. The van der Waals surface area contributed by atoms with E-state index in [1.54, 1.807) is 0 Å². The average Bonchev–Trinajstić information content (AvgIpc) is 2.79. The molecule has 18 heavy (non-hydrogen) atoms. The number of fused-ring (bicyclic) bond motifs is 1. The zero-order valence-electron chi connectivity index (χ0n) is 11.1. The lowest BCUT2D eigenvalue weighted by molar-refractivity contribution is 0.318. The summed E-state index contributed by atoms with van der Waals surface area (Å²) in [5, 5.41) is 1.25. The van der Waals surface area contributed by atoms with Gasteiger partial charge in [0.05, 0.1) is 6.61 Å². The molecule has 2 rings (SSSR count). The van der Waals surface area contributed by atoms with Crippen molar-refractivity contribution in [2.24, 2.45) is 0 Å². The quantitative estimate of drug-likeness (QED) is 0.519. The Morgan fingerprint density at radius 3 is 3.00 bits per heavy atom. The van der Waals surface area contributed by atoms with E-state index >= 15 is 0 Å². The minimum Gasteiger partial charge on any atom is -0.494 e. The zero-order valence-corrected chi connectivity index (χ0v) is 11.1. The first-order chi connectivity index (χ1) is 8.85. The fourth-order valence-corrected chi connectivity index (χ4v) is 2.09. The lowest BCUT2D eigenvalue weighted by Gasteiger charge is -2.06. The summed E-state index contributed by atoms with van der Waals surface area (Å²) in [5.74, 6) is 0.966. The molecule has 0 aliphatic heterocycles. The number of hydrogen-bond acceptors (Lipinski definition) is 1. The number of hydrogen-bond donors (Lipinski definition) is 0. The van der Waals surface area contributed by atoms with Crippen molar-refractivity contribution in [3.63, 3.8) is 0 Å². The second-order valence-corrected chi connectivity index (χ2v) is 4.51. The molecule has 0 aliphatic rings. The van der Waals surface area contributed by atoms with Gasteiger partial charge in [0.1, 0.15) is 5.75 Å². The molecule has 0 atom stereocenters. The fourth-order valence-electron chi connectivity index (χ4n) is 2.09. The molecule has 0 saturated heterocycles. The van der Waals surface area contributed by atoms with Gasteiger partial charge in [-0.05, 0) is 43.5 Å². The number of nitrogens with zero attached hydrogens (tertiary/aromatic N) is 1. The molecule has 0 amide bonds. The van der Waals surface area contributed by atoms with E-state index in [2.05, 4.69) is 48.5 Å². The standard InChI is InChI=1S/C16H21NO/c1-3-5-6-10-17-11-9-14-13-15(18-12-4-2)7-8-16(14)17/h3,7-9,11,13H,1,4-6,10,12H2,2H3. The van der Waals surface area contributed by atoms with E-state index < -0.39 is 0 Å². The number of ether oxygens (including phenoxy) is 1. The number of aryl methyl sites for hydroxylation is 1. The van der Waals surface area contributed by atoms with Crippen LogP contribution in [0, 0.1) is 0 Å². The predicted octanol–water partition coefficient (Wildman–Crippen LogP) is 4.40. The van der Waals surface area contributed by atoms with Crippen molar-refractivity contribution in [2.45, 2.75) is 32.7 Å². The average molecular weight is 243 g/mol. The number of allylic oxidation sites excluding steroid dienone is 1. The van der Waals surface area contributed by atoms with Gasteiger partial charge in [0.2, 0.25) is 0 Å². The van der Waals surface area contributed by atoms with E-state index in [1.165, 1.54) is 10.9 Å². The van der Waals surface area contributed by atoms with E-state index in [0.29, 0.717) is 0 Å². The van der Waals surface area contributed by atoms with Crippen LogP contribution in [0.1, 0.15) is 26.2 Å². The predicted molar refractivity (Wildman–Crippen MR) is 77.2 cm³/mol. The normalized spacial score (nSPS) is 10.7. The molecule has 1 aromatic carbocycles. The molecule has 0 radical (unpaired) electrons. The van der Waals surface area contributed by atoms with Crippen LogP contribution in [0.3, 0.4) is 0 Å². The maximum atomic E-state index is 5.65. The van der Waals surface area contributed by atoms with E-state index in [1.807, 2.05) is 6.08 Å². The zero-order chi connectivity index (χ0) is 12.8. The molecular weight excluding hydrogens is 222 g/mol. The Labute approximate surface area is 109 Å². The van der Waals surface area contributed by atoms with Crippen LogP contribution in [0.25, 0.3) is 10.9 Å². The number of aromatic nitrogens is 1. The van der Waals surface area contributed by atoms with E-state index in [-0.39, 0.29) is 0 Å². The maximum absolute atomic E-state index is 5.65. The Kier molecular flexibility index (Phi) is 4.46. The second-order valence-electron chi connectivity index (χ2n) is 4.51. The molecule has 0 bridgehead atoms. The lowest BCUT2D eigenvalue weighted by Crippen LogP contribution is -1.96. The van der Waals surface area contributed by atoms with E-state index in [9.17, 15) is 0 Å². The molecule has 1 aromatic heterocycles. The van der Waals surface area contributed by atoms with Crippen LogP contribution in [0.2, 0.25) is 0 Å². The third kappa shape index (κ3) is 2.95. The summed E-state index contributed by atoms with van der Waals surface area (Å²) in [4.78, 5) is 0. The first kappa shape index (κ1) is 12.7. The lowest BCUT2D eigenvalue weighted by atomic mass is 10.2. The highest BCUT2D eigenvalue weighted by atomic mass is 16.5. The molecule has 0 fully saturated rings. The largest absolute Gasteiger partial charge is 0.494 e. The van der Waals surface area contributed by atoms with Gasteiger partial charge in [0.15, 0.2) is 0 Å². The van der Waals surface area contributed by atoms with Crippen molar-refractivity contribution >= 4 is 10.9 Å². The van der Waals surface area contributed by atoms with Crippen LogP contribution in [-0.4, -0.2) is 11.2 Å². The summed E-state index contributed by atoms with van der Waals surface area (Å²) in [7, 11) is 0. The van der Waals surface area contributed by atoms with Crippen LogP contribution in [-0.2, 0) is 6.54 Å². The fraction of sp³-hybridized carbons (Fsp3) is 0.375. The second kappa shape index (κ2) is 6.29. The van der Waals surface area contributed by atoms with Crippen LogP contribution in [0.15, 0.2) is 43.1 Å². The van der Waals surface area contributed by atoms with Crippen molar-refractivity contribution < 1.29 is 4.74 Å². The third-order valence-electron chi connectivity index (χ3n) is 3.02. The number of benzene rings is 1. The first-order valence-electron chi connectivity index (χ1n) is 6.67. The Bertz CT molecular complexity index is 513. The number of rotatable bonds is 7. The molecule has 0 spiro atoms. The molecule has 2 nitrogen and oxygen atoms in total. The van der Waals surface area contributed by atoms with Gasteiger partial charge in [-0.2, -0.15) is 0 Å². The van der Waals surface area contributed by atoms with Gasteiger partial charge >= 0.3 is 0 Å². The highest BCUT2D eigenvalue weighted by Crippen LogP contribution is 2.22. The highest BCUT2D eigenvalue weighted by Gasteiger charge is 2.02. The van der Waals surface area contributed by atoms with Crippen LogP contribution in [0.5, 0.6) is 5.75 Å². The van der Waals surface area contributed by atoms with Crippen LogP contribution in [0.4, 0.5) is 0 Å². The maximum Gasteiger partial charge on any atom is 0.120 e. The van der Waals surface area contributed by atoms with Crippen LogP contribution >= 0.6 is 0 Å². The third-order valence-corrected chi connectivity index (χ3v) is 3.02. The van der Waals surface area contributed by atoms with Gasteiger partial charge in [0.25, 0.3) is 0 Å². The Balaban J connectivity index is 2.12. The van der Waals surface area contributed by atoms with Crippen LogP contribution < -0.4 is 4.74 Å². The summed E-state index contributed by atoms with van der Waals surface area (Å²) in [5.41, 5.74) is 1.28. The highest BCUT2D eigenvalue weighted by molar-refractivity contribution is 5.81. The minimum atomic E-state index is 0.783. The molecule has 1 heterocycles. The van der Waals surface area contributed by atoms with Gasteiger partial charge in [-0.15, -0.1) is 6.58 Å². The monoisotopic (exact) mass is 243 g/mol. The van der Waals surface area contributed by atoms with Crippen molar-refractivity contribution in [1.82, 2.24) is 4.57 Å². The summed E-state index contributed by atoms with van der Waals surface area (Å²) >= 11 is 0. The van der Waals surface area contributed by atoms with Gasteiger partial charge in [0, 0.05) is 23.6 Å². The van der Waals surface area contributed by atoms with Gasteiger partial charge in [-0.1, -0.05) is 13.0 Å². The SMILES string of the molecule is C=CCCCn1ccc2cc(OCCC)ccc21.